The van der Waals surface area contributed by atoms with Gasteiger partial charge in [-0.2, -0.15) is 13.2 Å². The summed E-state index contributed by atoms with van der Waals surface area (Å²) >= 11 is 0. The molecule has 0 saturated carbocycles. The molecule has 132 valence electrons. The largest absolute Gasteiger partial charge is 0.406 e. The Morgan fingerprint density at radius 1 is 1.29 bits per heavy atom. The van der Waals surface area contributed by atoms with Crippen molar-refractivity contribution in [3.8, 4) is 0 Å². The maximum atomic E-state index is 12.7. The molecule has 2 fully saturated rings. The van der Waals surface area contributed by atoms with E-state index in [-0.39, 0.29) is 26.9 Å². The third-order valence-corrected chi connectivity index (χ3v) is 4.09. The number of alkyl halides is 3. The van der Waals surface area contributed by atoms with Gasteiger partial charge in [0.1, 0.15) is 12.1 Å². The van der Waals surface area contributed by atoms with E-state index >= 15 is 0 Å². The number of nitrogens with one attached hydrogen (secondary N) is 1. The fourth-order valence-corrected chi connectivity index (χ4v) is 3.10. The molecule has 3 amide bonds. The average molecular weight is 344 g/mol. The van der Waals surface area contributed by atoms with Crippen molar-refractivity contribution < 1.29 is 22.8 Å². The molecule has 1 atom stereocenters. The van der Waals surface area contributed by atoms with Crippen molar-refractivity contribution in [2.45, 2.75) is 25.6 Å². The van der Waals surface area contributed by atoms with E-state index in [0.29, 0.717) is 17.1 Å². The molecule has 0 aliphatic carbocycles. The number of rotatable bonds is 3. The van der Waals surface area contributed by atoms with Crippen LogP contribution in [0.3, 0.4) is 0 Å². The van der Waals surface area contributed by atoms with Crippen LogP contribution >= 0.6 is 0 Å². The first kappa shape index (κ1) is 18.2. The minimum absolute atomic E-state index is 0. The number of urea groups is 1. The van der Waals surface area contributed by atoms with Gasteiger partial charge in [-0.15, -0.1) is 0 Å². The minimum atomic E-state index is -4.63. The van der Waals surface area contributed by atoms with Crippen LogP contribution in [0.15, 0.2) is 24.4 Å². The molecule has 0 radical (unpaired) electrons. The zero-order chi connectivity index (χ0) is 16.7. The highest BCUT2D eigenvalue weighted by Crippen LogP contribution is 2.34. The summed E-state index contributed by atoms with van der Waals surface area (Å²) in [7, 11) is 0. The molecule has 2 aliphatic heterocycles. The monoisotopic (exact) mass is 344 g/mol. The van der Waals surface area contributed by atoms with E-state index in [4.69, 9.17) is 0 Å². The van der Waals surface area contributed by atoms with E-state index in [2.05, 4.69) is 10.3 Å². The maximum absolute atomic E-state index is 12.7. The van der Waals surface area contributed by atoms with Crippen LogP contribution in [0.4, 0.5) is 18.0 Å². The van der Waals surface area contributed by atoms with Gasteiger partial charge in [0.05, 0.1) is 0 Å². The zero-order valence-corrected chi connectivity index (χ0v) is 12.1. The lowest BCUT2D eigenvalue weighted by atomic mass is 9.89. The van der Waals surface area contributed by atoms with Gasteiger partial charge >= 0.3 is 12.2 Å². The Labute approximate surface area is 137 Å². The lowest BCUT2D eigenvalue weighted by Crippen LogP contribution is -2.63. The number of piperazine rings is 1. The second kappa shape index (κ2) is 6.39. The van der Waals surface area contributed by atoms with Gasteiger partial charge in [0.25, 0.3) is 5.91 Å². The summed E-state index contributed by atoms with van der Waals surface area (Å²) in [5, 5.41) is 3.00. The van der Waals surface area contributed by atoms with Gasteiger partial charge in [-0.1, -0.05) is 13.5 Å². The summed E-state index contributed by atoms with van der Waals surface area (Å²) in [5.74, 6) is -0.822. The summed E-state index contributed by atoms with van der Waals surface area (Å²) in [6, 6.07) is 4.24. The Balaban J connectivity index is 0.00000208. The third-order valence-electron chi connectivity index (χ3n) is 4.09. The van der Waals surface area contributed by atoms with Crippen LogP contribution in [-0.2, 0) is 11.2 Å². The number of fused-ring (bicyclic) bond motifs is 1. The number of carbonyl (C=O) groups excluding carboxylic acids is 2. The predicted molar refractivity (Wildman–Crippen MR) is 80.1 cm³/mol. The van der Waals surface area contributed by atoms with E-state index < -0.39 is 30.2 Å². The molecule has 0 spiro atoms. The first-order valence-corrected chi connectivity index (χ1v) is 7.14. The first-order chi connectivity index (χ1) is 10.8. The van der Waals surface area contributed by atoms with Crippen molar-refractivity contribution in [1.29, 1.82) is 0 Å². The number of aromatic nitrogens is 1. The van der Waals surface area contributed by atoms with E-state index in [1.807, 2.05) is 0 Å². The molecule has 0 unspecified atom stereocenters. The summed E-state index contributed by atoms with van der Waals surface area (Å²) in [5.41, 5.74) is -0.786. The Bertz CT molecular complexity index is 623. The van der Waals surface area contributed by atoms with E-state index in [9.17, 15) is 22.8 Å². The first-order valence-electron chi connectivity index (χ1n) is 7.14. The highest BCUT2D eigenvalue weighted by molar-refractivity contribution is 6.07. The lowest BCUT2D eigenvalue weighted by molar-refractivity contribution is -0.155. The van der Waals surface area contributed by atoms with Crippen LogP contribution in [0.5, 0.6) is 0 Å². The van der Waals surface area contributed by atoms with Crippen molar-refractivity contribution in [2.75, 3.05) is 26.2 Å². The highest BCUT2D eigenvalue weighted by atomic mass is 19.4. The molecule has 2 aliphatic rings. The van der Waals surface area contributed by atoms with E-state index in [1.165, 1.54) is 4.90 Å². The average Bonchev–Trinajstić information content (AvgIpc) is 2.70. The number of hydrogen-bond donors (Lipinski definition) is 1. The number of imide groups is 1. The summed E-state index contributed by atoms with van der Waals surface area (Å²) in [4.78, 5) is 30.6. The van der Waals surface area contributed by atoms with E-state index in [1.54, 1.807) is 24.4 Å². The fourth-order valence-electron chi connectivity index (χ4n) is 3.10. The number of hydrogen-bond acceptors (Lipinski definition) is 4. The standard InChI is InChI=1S/C14H15F3N4O2.CH4/c15-14(16,17)9-20-11(22)13(7-10-3-1-2-4-19-10)8-18-5-6-21(13)12(20)23;/h1-4,18H,5-9H2;1H4/t13-;/m0./s1. The van der Waals surface area contributed by atoms with Gasteiger partial charge in [-0.05, 0) is 12.1 Å². The van der Waals surface area contributed by atoms with Crippen LogP contribution in [0.1, 0.15) is 13.1 Å². The topological polar surface area (TPSA) is 65.5 Å². The summed E-state index contributed by atoms with van der Waals surface area (Å²) < 4.78 is 38.1. The number of pyridine rings is 1. The van der Waals surface area contributed by atoms with Gasteiger partial charge in [-0.3, -0.25) is 14.7 Å². The van der Waals surface area contributed by atoms with Gasteiger partial charge in [0.15, 0.2) is 0 Å². The van der Waals surface area contributed by atoms with Crippen LogP contribution in [0, 0.1) is 0 Å². The lowest BCUT2D eigenvalue weighted by Gasteiger charge is -2.39. The van der Waals surface area contributed by atoms with Gasteiger partial charge in [-0.25, -0.2) is 4.79 Å². The SMILES string of the molecule is C.O=C1N(CC(F)(F)F)C(=O)[C@]2(Cc3ccccn3)CNCCN12. The molecule has 24 heavy (non-hydrogen) atoms. The highest BCUT2D eigenvalue weighted by Gasteiger charge is 2.59. The molecular weight excluding hydrogens is 325 g/mol. The minimum Gasteiger partial charge on any atom is -0.312 e. The Morgan fingerprint density at radius 3 is 2.67 bits per heavy atom. The zero-order valence-electron chi connectivity index (χ0n) is 12.1. The number of nitrogens with zero attached hydrogens (tertiary/aromatic N) is 3. The van der Waals surface area contributed by atoms with Crippen LogP contribution in [0.2, 0.25) is 0 Å². The molecule has 1 aromatic rings. The van der Waals surface area contributed by atoms with Crippen LogP contribution < -0.4 is 5.32 Å². The molecule has 2 saturated heterocycles. The van der Waals surface area contributed by atoms with Crippen molar-refractivity contribution in [3.63, 3.8) is 0 Å². The van der Waals surface area contributed by atoms with Crippen LogP contribution in [0.25, 0.3) is 0 Å². The molecular formula is C15H19F3N4O2. The smallest absolute Gasteiger partial charge is 0.312 e. The Kier molecular flexibility index (Phi) is 4.84. The summed E-state index contributed by atoms with van der Waals surface area (Å²) in [6.45, 7) is -0.831. The maximum Gasteiger partial charge on any atom is 0.406 e. The van der Waals surface area contributed by atoms with Crippen LogP contribution in [-0.4, -0.2) is 64.6 Å². The normalized spacial score (nSPS) is 24.0. The number of carbonyl (C=O) groups is 2. The molecule has 1 aromatic heterocycles. The second-order valence-electron chi connectivity index (χ2n) is 5.65. The third kappa shape index (κ3) is 3.08. The fraction of sp³-hybridized carbons (Fsp3) is 0.533. The molecule has 6 nitrogen and oxygen atoms in total. The molecule has 3 rings (SSSR count). The molecule has 0 bridgehead atoms. The molecule has 0 aromatic carbocycles. The van der Waals surface area contributed by atoms with Crippen molar-refractivity contribution in [2.24, 2.45) is 0 Å². The molecule has 3 heterocycles. The van der Waals surface area contributed by atoms with Crippen molar-refractivity contribution in [3.05, 3.63) is 30.1 Å². The van der Waals surface area contributed by atoms with Gasteiger partial charge in [0.2, 0.25) is 0 Å². The molecule has 9 heteroatoms. The molecule has 1 N–H and O–H groups in total. The Morgan fingerprint density at radius 2 is 2.04 bits per heavy atom. The predicted octanol–water partition coefficient (Wildman–Crippen LogP) is 1.43. The van der Waals surface area contributed by atoms with Crippen molar-refractivity contribution >= 4 is 11.9 Å². The number of amides is 3. The van der Waals surface area contributed by atoms with Gasteiger partial charge < -0.3 is 10.2 Å². The van der Waals surface area contributed by atoms with Crippen molar-refractivity contribution in [1.82, 2.24) is 20.1 Å². The second-order valence-corrected chi connectivity index (χ2v) is 5.65. The van der Waals surface area contributed by atoms with E-state index in [0.717, 1.165) is 0 Å². The van der Waals surface area contributed by atoms with Gasteiger partial charge in [0, 0.05) is 37.9 Å². The number of halogens is 3. The Hall–Kier alpha value is -2.16. The quantitative estimate of drug-likeness (QED) is 0.843. The summed E-state index contributed by atoms with van der Waals surface area (Å²) in [6.07, 6.45) is -3.00.